The van der Waals surface area contributed by atoms with Gasteiger partial charge in [-0.1, -0.05) is 25.1 Å². The van der Waals surface area contributed by atoms with Crippen molar-refractivity contribution in [3.8, 4) is 0 Å². The summed E-state index contributed by atoms with van der Waals surface area (Å²) in [6, 6.07) is 6.53. The Morgan fingerprint density at radius 1 is 1.17 bits per heavy atom. The lowest BCUT2D eigenvalue weighted by Crippen LogP contribution is -2.39. The summed E-state index contributed by atoms with van der Waals surface area (Å²) >= 11 is 0. The van der Waals surface area contributed by atoms with Gasteiger partial charge in [-0.2, -0.15) is 0 Å². The molecule has 126 valence electrons. The van der Waals surface area contributed by atoms with E-state index in [1.165, 1.54) is 13.2 Å². The summed E-state index contributed by atoms with van der Waals surface area (Å²) in [4.78, 5) is 27.5. The molecule has 1 aliphatic heterocycles. The largest absolute Gasteiger partial charge is 0.453 e. The summed E-state index contributed by atoms with van der Waals surface area (Å²) in [5.74, 6) is -0.573. The molecule has 0 aromatic heterocycles. The van der Waals surface area contributed by atoms with E-state index in [2.05, 4.69) is 0 Å². The van der Waals surface area contributed by atoms with Crippen LogP contribution in [0.25, 0.3) is 0 Å². The highest BCUT2D eigenvalue weighted by Gasteiger charge is 2.25. The molecule has 5 nitrogen and oxygen atoms in total. The minimum atomic E-state index is -0.362. The second kappa shape index (κ2) is 7.94. The minimum absolute atomic E-state index is 0.0000288. The highest BCUT2D eigenvalue weighted by Crippen LogP contribution is 2.16. The molecule has 0 radical (unpaired) electrons. The molecule has 1 heterocycles. The zero-order valence-electron chi connectivity index (χ0n) is 13.6. The highest BCUT2D eigenvalue weighted by atomic mass is 19.1. The Kier molecular flexibility index (Phi) is 5.96. The monoisotopic (exact) mass is 322 g/mol. The van der Waals surface area contributed by atoms with Crippen LogP contribution in [-0.4, -0.2) is 55.1 Å². The van der Waals surface area contributed by atoms with Gasteiger partial charge in [0.05, 0.1) is 7.11 Å². The molecule has 0 saturated carbocycles. The smallest absolute Gasteiger partial charge is 0.409 e. The van der Waals surface area contributed by atoms with Crippen LogP contribution in [0, 0.1) is 11.7 Å². The zero-order chi connectivity index (χ0) is 16.8. The number of carbonyl (C=O) groups is 2. The van der Waals surface area contributed by atoms with E-state index in [4.69, 9.17) is 4.74 Å². The van der Waals surface area contributed by atoms with Crippen LogP contribution >= 0.6 is 0 Å². The van der Waals surface area contributed by atoms with Gasteiger partial charge in [0, 0.05) is 32.1 Å². The van der Waals surface area contributed by atoms with E-state index < -0.39 is 0 Å². The second-order valence-electron chi connectivity index (χ2n) is 5.83. The first-order valence-electron chi connectivity index (χ1n) is 7.88. The van der Waals surface area contributed by atoms with E-state index in [0.29, 0.717) is 44.6 Å². The standard InChI is InChI=1S/C17H23FN2O3/c1-13(12-14-6-3-4-7-15(14)18)16(21)19-8-5-9-20(11-10-19)17(22)23-2/h3-4,6-7,13H,5,8-12H2,1-2H3/t13-/m1/s1. The first-order valence-corrected chi connectivity index (χ1v) is 7.88. The van der Waals surface area contributed by atoms with Crippen LogP contribution in [0.3, 0.4) is 0 Å². The molecule has 0 N–H and O–H groups in total. The number of halogens is 1. The van der Waals surface area contributed by atoms with Crippen LogP contribution in [0.2, 0.25) is 0 Å². The quantitative estimate of drug-likeness (QED) is 0.858. The number of benzene rings is 1. The van der Waals surface area contributed by atoms with Crippen molar-refractivity contribution in [2.45, 2.75) is 19.8 Å². The van der Waals surface area contributed by atoms with Gasteiger partial charge in [0.1, 0.15) is 5.82 Å². The van der Waals surface area contributed by atoms with Crippen LogP contribution < -0.4 is 0 Å². The summed E-state index contributed by atoms with van der Waals surface area (Å²) in [6.07, 6.45) is 0.731. The normalized spacial score (nSPS) is 16.7. The van der Waals surface area contributed by atoms with Crippen molar-refractivity contribution in [1.82, 2.24) is 9.80 Å². The van der Waals surface area contributed by atoms with Crippen molar-refractivity contribution in [1.29, 1.82) is 0 Å². The maximum atomic E-state index is 13.7. The van der Waals surface area contributed by atoms with Crippen molar-refractivity contribution in [3.05, 3.63) is 35.6 Å². The van der Waals surface area contributed by atoms with Crippen molar-refractivity contribution in [2.24, 2.45) is 5.92 Å². The molecule has 1 fully saturated rings. The number of rotatable bonds is 3. The lowest BCUT2D eigenvalue weighted by atomic mass is 9.99. The Hall–Kier alpha value is -2.11. The molecule has 23 heavy (non-hydrogen) atoms. The fraction of sp³-hybridized carbons (Fsp3) is 0.529. The zero-order valence-corrected chi connectivity index (χ0v) is 13.6. The van der Waals surface area contributed by atoms with Gasteiger partial charge < -0.3 is 14.5 Å². The predicted octanol–water partition coefficient (Wildman–Crippen LogP) is 2.31. The topological polar surface area (TPSA) is 49.9 Å². The lowest BCUT2D eigenvalue weighted by molar-refractivity contribution is -0.134. The molecule has 6 heteroatoms. The van der Waals surface area contributed by atoms with E-state index in [-0.39, 0.29) is 23.7 Å². The van der Waals surface area contributed by atoms with Gasteiger partial charge in [-0.25, -0.2) is 9.18 Å². The van der Waals surface area contributed by atoms with Gasteiger partial charge in [-0.05, 0) is 24.5 Å². The Morgan fingerprint density at radius 3 is 2.52 bits per heavy atom. The molecular weight excluding hydrogens is 299 g/mol. The van der Waals surface area contributed by atoms with E-state index >= 15 is 0 Å². The third-order valence-electron chi connectivity index (χ3n) is 4.15. The summed E-state index contributed by atoms with van der Waals surface area (Å²) < 4.78 is 18.4. The van der Waals surface area contributed by atoms with Gasteiger partial charge in [0.25, 0.3) is 0 Å². The molecule has 0 unspecified atom stereocenters. The summed E-state index contributed by atoms with van der Waals surface area (Å²) in [6.45, 7) is 3.95. The molecule has 0 aliphatic carbocycles. The van der Waals surface area contributed by atoms with E-state index in [1.54, 1.807) is 28.0 Å². The molecule has 1 aromatic rings. The number of amides is 2. The van der Waals surface area contributed by atoms with Gasteiger partial charge >= 0.3 is 6.09 Å². The van der Waals surface area contributed by atoms with Crippen LogP contribution in [0.5, 0.6) is 0 Å². The molecule has 1 atom stereocenters. The van der Waals surface area contributed by atoms with E-state index in [1.807, 2.05) is 6.92 Å². The van der Waals surface area contributed by atoms with Crippen LogP contribution in [-0.2, 0) is 16.0 Å². The predicted molar refractivity (Wildman–Crippen MR) is 84.4 cm³/mol. The first-order chi connectivity index (χ1) is 11.0. The van der Waals surface area contributed by atoms with Crippen LogP contribution in [0.4, 0.5) is 9.18 Å². The van der Waals surface area contributed by atoms with Gasteiger partial charge in [0.15, 0.2) is 0 Å². The number of carbonyl (C=O) groups excluding carboxylic acids is 2. The third kappa shape index (κ3) is 4.43. The number of methoxy groups -OCH3 is 1. The van der Waals surface area contributed by atoms with Crippen molar-refractivity contribution < 1.29 is 18.7 Å². The maximum absolute atomic E-state index is 13.7. The summed E-state index contributed by atoms with van der Waals surface area (Å²) in [5, 5.41) is 0. The van der Waals surface area contributed by atoms with Crippen molar-refractivity contribution in [2.75, 3.05) is 33.3 Å². The minimum Gasteiger partial charge on any atom is -0.453 e. The number of nitrogens with zero attached hydrogens (tertiary/aromatic N) is 2. The first kappa shape index (κ1) is 17.2. The molecule has 2 amide bonds. The van der Waals surface area contributed by atoms with Gasteiger partial charge in [-0.15, -0.1) is 0 Å². The molecule has 0 bridgehead atoms. The molecule has 2 rings (SSSR count). The Balaban J connectivity index is 1.94. The average Bonchev–Trinajstić information content (AvgIpc) is 2.81. The number of hydrogen-bond donors (Lipinski definition) is 0. The molecular formula is C17H23FN2O3. The molecule has 0 spiro atoms. The van der Waals surface area contributed by atoms with Crippen molar-refractivity contribution in [3.63, 3.8) is 0 Å². The van der Waals surface area contributed by atoms with Gasteiger partial charge in [0.2, 0.25) is 5.91 Å². The number of hydrogen-bond acceptors (Lipinski definition) is 3. The Bertz CT molecular complexity index is 565. The van der Waals surface area contributed by atoms with Crippen molar-refractivity contribution >= 4 is 12.0 Å². The molecule has 1 saturated heterocycles. The fourth-order valence-corrected chi connectivity index (χ4v) is 2.84. The average molecular weight is 322 g/mol. The molecule has 1 aliphatic rings. The second-order valence-corrected chi connectivity index (χ2v) is 5.83. The van der Waals surface area contributed by atoms with Crippen LogP contribution in [0.15, 0.2) is 24.3 Å². The number of ether oxygens (including phenoxy) is 1. The van der Waals surface area contributed by atoms with Crippen LogP contribution in [0.1, 0.15) is 18.9 Å². The van der Waals surface area contributed by atoms with E-state index in [9.17, 15) is 14.0 Å². The fourth-order valence-electron chi connectivity index (χ4n) is 2.84. The third-order valence-corrected chi connectivity index (χ3v) is 4.15. The summed E-state index contributed by atoms with van der Waals surface area (Å²) in [7, 11) is 1.35. The Labute approximate surface area is 136 Å². The molecule has 1 aromatic carbocycles. The van der Waals surface area contributed by atoms with Gasteiger partial charge in [-0.3, -0.25) is 4.79 Å². The summed E-state index contributed by atoms with van der Waals surface area (Å²) in [5.41, 5.74) is 0.555. The maximum Gasteiger partial charge on any atom is 0.409 e. The van der Waals surface area contributed by atoms with E-state index in [0.717, 1.165) is 0 Å². The highest BCUT2D eigenvalue weighted by molar-refractivity contribution is 5.79. The SMILES string of the molecule is COC(=O)N1CCCN(C(=O)[C@H](C)Cc2ccccc2F)CC1. The lowest BCUT2D eigenvalue weighted by Gasteiger charge is -2.24. The Morgan fingerprint density at radius 2 is 1.83 bits per heavy atom.